The molecule has 0 aliphatic rings. The Morgan fingerprint density at radius 1 is 1.53 bits per heavy atom. The molecular formula is C11H13N3OS2. The SMILES string of the molecule is Cc1cc2c(SCCCC(N)=O)ncnc2s1. The van der Waals surface area contributed by atoms with Crippen LogP contribution in [0.4, 0.5) is 0 Å². The van der Waals surface area contributed by atoms with Gasteiger partial charge in [-0.3, -0.25) is 4.79 Å². The molecule has 2 heterocycles. The van der Waals surface area contributed by atoms with Crippen LogP contribution in [0.25, 0.3) is 10.2 Å². The van der Waals surface area contributed by atoms with Gasteiger partial charge in [0.15, 0.2) is 0 Å². The van der Waals surface area contributed by atoms with Gasteiger partial charge in [0, 0.05) is 22.4 Å². The summed E-state index contributed by atoms with van der Waals surface area (Å²) >= 11 is 3.32. The van der Waals surface area contributed by atoms with Crippen molar-refractivity contribution in [2.75, 3.05) is 5.75 Å². The van der Waals surface area contributed by atoms with Crippen molar-refractivity contribution >= 4 is 39.2 Å². The molecule has 17 heavy (non-hydrogen) atoms. The third-order valence-electron chi connectivity index (χ3n) is 2.22. The summed E-state index contributed by atoms with van der Waals surface area (Å²) in [4.78, 5) is 21.4. The van der Waals surface area contributed by atoms with Gasteiger partial charge >= 0.3 is 0 Å². The summed E-state index contributed by atoms with van der Waals surface area (Å²) in [5.41, 5.74) is 5.09. The summed E-state index contributed by atoms with van der Waals surface area (Å²) in [5, 5.41) is 2.10. The zero-order valence-electron chi connectivity index (χ0n) is 9.47. The molecule has 6 heteroatoms. The number of thioether (sulfide) groups is 1. The number of thiophene rings is 1. The minimum atomic E-state index is -0.246. The summed E-state index contributed by atoms with van der Waals surface area (Å²) in [6.07, 6.45) is 2.81. The molecular weight excluding hydrogens is 254 g/mol. The Bertz CT molecular complexity index is 538. The predicted molar refractivity (Wildman–Crippen MR) is 71.3 cm³/mol. The van der Waals surface area contributed by atoms with Gasteiger partial charge < -0.3 is 5.73 Å². The summed E-state index contributed by atoms with van der Waals surface area (Å²) in [6, 6.07) is 2.11. The van der Waals surface area contributed by atoms with E-state index in [0.717, 1.165) is 27.4 Å². The third kappa shape index (κ3) is 3.17. The molecule has 0 aliphatic heterocycles. The molecule has 0 aromatic carbocycles. The van der Waals surface area contributed by atoms with E-state index in [9.17, 15) is 4.79 Å². The van der Waals surface area contributed by atoms with Crippen molar-refractivity contribution in [3.63, 3.8) is 0 Å². The Labute approximate surface area is 108 Å². The van der Waals surface area contributed by atoms with Crippen LogP contribution >= 0.6 is 23.1 Å². The summed E-state index contributed by atoms with van der Waals surface area (Å²) in [6.45, 7) is 2.06. The van der Waals surface area contributed by atoms with Crippen LogP contribution in [0.3, 0.4) is 0 Å². The first kappa shape index (κ1) is 12.3. The van der Waals surface area contributed by atoms with E-state index >= 15 is 0 Å². The van der Waals surface area contributed by atoms with Crippen molar-refractivity contribution in [1.29, 1.82) is 0 Å². The number of hydrogen-bond donors (Lipinski definition) is 1. The van der Waals surface area contributed by atoms with Gasteiger partial charge in [0.05, 0.1) is 0 Å². The van der Waals surface area contributed by atoms with Crippen LogP contribution in [0.15, 0.2) is 17.4 Å². The van der Waals surface area contributed by atoms with Crippen LogP contribution in [0, 0.1) is 6.92 Å². The van der Waals surface area contributed by atoms with E-state index in [1.807, 2.05) is 0 Å². The van der Waals surface area contributed by atoms with Crippen LogP contribution < -0.4 is 5.73 Å². The van der Waals surface area contributed by atoms with Crippen LogP contribution in [0.2, 0.25) is 0 Å². The molecule has 0 fully saturated rings. The zero-order chi connectivity index (χ0) is 12.3. The van der Waals surface area contributed by atoms with Gasteiger partial charge in [0.1, 0.15) is 16.2 Å². The Hall–Kier alpha value is -1.14. The molecule has 0 saturated carbocycles. The van der Waals surface area contributed by atoms with E-state index in [-0.39, 0.29) is 5.91 Å². The fourth-order valence-electron chi connectivity index (χ4n) is 1.48. The molecule has 0 saturated heterocycles. The van der Waals surface area contributed by atoms with E-state index in [2.05, 4.69) is 23.0 Å². The molecule has 4 nitrogen and oxygen atoms in total. The number of amides is 1. The summed E-state index contributed by atoms with van der Waals surface area (Å²) in [7, 11) is 0. The van der Waals surface area contributed by atoms with Crippen LogP contribution in [0.5, 0.6) is 0 Å². The molecule has 1 amide bonds. The molecule has 90 valence electrons. The lowest BCUT2D eigenvalue weighted by Gasteiger charge is -2.00. The van der Waals surface area contributed by atoms with Gasteiger partial charge in [-0.05, 0) is 19.4 Å². The Balaban J connectivity index is 2.05. The molecule has 2 rings (SSSR count). The molecule has 2 N–H and O–H groups in total. The van der Waals surface area contributed by atoms with E-state index in [4.69, 9.17) is 5.73 Å². The Morgan fingerprint density at radius 2 is 2.35 bits per heavy atom. The number of rotatable bonds is 5. The highest BCUT2D eigenvalue weighted by atomic mass is 32.2. The fourth-order valence-corrected chi connectivity index (χ4v) is 3.31. The smallest absolute Gasteiger partial charge is 0.217 e. The molecule has 2 aromatic rings. The quantitative estimate of drug-likeness (QED) is 0.513. The monoisotopic (exact) mass is 267 g/mol. The molecule has 0 radical (unpaired) electrons. The molecule has 0 spiro atoms. The summed E-state index contributed by atoms with van der Waals surface area (Å²) < 4.78 is 0. The van der Waals surface area contributed by atoms with Crippen LogP contribution in [0.1, 0.15) is 17.7 Å². The number of primary amides is 1. The average molecular weight is 267 g/mol. The van der Waals surface area contributed by atoms with Crippen molar-refractivity contribution in [2.45, 2.75) is 24.8 Å². The van der Waals surface area contributed by atoms with E-state index < -0.39 is 0 Å². The van der Waals surface area contributed by atoms with Gasteiger partial charge in [-0.1, -0.05) is 0 Å². The highest BCUT2D eigenvalue weighted by Gasteiger charge is 2.07. The van der Waals surface area contributed by atoms with Gasteiger partial charge in [0.2, 0.25) is 5.91 Å². The second-order valence-corrected chi connectivity index (χ2v) is 5.99. The van der Waals surface area contributed by atoms with Crippen LogP contribution in [-0.4, -0.2) is 21.6 Å². The van der Waals surface area contributed by atoms with Crippen LogP contribution in [-0.2, 0) is 4.79 Å². The minimum absolute atomic E-state index is 0.246. The molecule has 0 unspecified atom stereocenters. The third-order valence-corrected chi connectivity index (χ3v) is 4.27. The highest BCUT2D eigenvalue weighted by Crippen LogP contribution is 2.30. The zero-order valence-corrected chi connectivity index (χ0v) is 11.1. The van der Waals surface area contributed by atoms with Gasteiger partial charge in [-0.25, -0.2) is 9.97 Å². The summed E-state index contributed by atoms with van der Waals surface area (Å²) in [5.74, 6) is 0.606. The van der Waals surface area contributed by atoms with Crippen molar-refractivity contribution in [3.8, 4) is 0 Å². The fraction of sp³-hybridized carbons (Fsp3) is 0.364. The number of carbonyl (C=O) groups excluding carboxylic acids is 1. The number of carbonyl (C=O) groups is 1. The predicted octanol–water partition coefficient (Wildman–Crippen LogP) is 2.36. The van der Waals surface area contributed by atoms with Gasteiger partial charge in [0.25, 0.3) is 0 Å². The topological polar surface area (TPSA) is 68.9 Å². The first-order valence-electron chi connectivity index (χ1n) is 5.29. The number of aryl methyl sites for hydroxylation is 1. The normalized spacial score (nSPS) is 10.9. The lowest BCUT2D eigenvalue weighted by molar-refractivity contribution is -0.118. The molecule has 0 atom stereocenters. The van der Waals surface area contributed by atoms with Gasteiger partial charge in [-0.15, -0.1) is 23.1 Å². The lowest BCUT2D eigenvalue weighted by atomic mass is 10.3. The van der Waals surface area contributed by atoms with E-state index in [1.165, 1.54) is 4.88 Å². The van der Waals surface area contributed by atoms with E-state index in [1.54, 1.807) is 29.4 Å². The minimum Gasteiger partial charge on any atom is -0.370 e. The second-order valence-electron chi connectivity index (χ2n) is 3.67. The number of fused-ring (bicyclic) bond motifs is 1. The molecule has 0 bridgehead atoms. The maximum atomic E-state index is 10.6. The first-order chi connectivity index (χ1) is 8.16. The van der Waals surface area contributed by atoms with Gasteiger partial charge in [-0.2, -0.15) is 0 Å². The van der Waals surface area contributed by atoms with E-state index in [0.29, 0.717) is 6.42 Å². The number of nitrogens with two attached hydrogens (primary N) is 1. The van der Waals surface area contributed by atoms with Crippen molar-refractivity contribution in [2.24, 2.45) is 5.73 Å². The number of aromatic nitrogens is 2. The Kier molecular flexibility index (Phi) is 3.96. The maximum Gasteiger partial charge on any atom is 0.217 e. The number of nitrogens with zero attached hydrogens (tertiary/aromatic N) is 2. The molecule has 2 aromatic heterocycles. The van der Waals surface area contributed by atoms with Crippen molar-refractivity contribution in [1.82, 2.24) is 9.97 Å². The highest BCUT2D eigenvalue weighted by molar-refractivity contribution is 7.99. The largest absolute Gasteiger partial charge is 0.370 e. The number of hydrogen-bond acceptors (Lipinski definition) is 5. The second kappa shape index (κ2) is 5.46. The van der Waals surface area contributed by atoms with Crippen molar-refractivity contribution in [3.05, 3.63) is 17.3 Å². The standard InChI is InChI=1S/C11H13N3OS2/c1-7-5-8-10(13-6-14-11(8)17-7)16-4-2-3-9(12)15/h5-6H,2-4H2,1H3,(H2,12,15). The lowest BCUT2D eigenvalue weighted by Crippen LogP contribution is -2.09. The average Bonchev–Trinajstić information content (AvgIpc) is 2.65. The maximum absolute atomic E-state index is 10.6. The molecule has 0 aliphatic carbocycles. The van der Waals surface area contributed by atoms with Crippen molar-refractivity contribution < 1.29 is 4.79 Å². The first-order valence-corrected chi connectivity index (χ1v) is 7.09. The Morgan fingerprint density at radius 3 is 3.12 bits per heavy atom.